The quantitative estimate of drug-likeness (QED) is 0.544. The van der Waals surface area contributed by atoms with Crippen molar-refractivity contribution < 1.29 is 9.34 Å². The lowest BCUT2D eigenvalue weighted by molar-refractivity contribution is -0.384. The van der Waals surface area contributed by atoms with Crippen LogP contribution in [0.1, 0.15) is 11.5 Å². The van der Waals surface area contributed by atoms with Crippen molar-refractivity contribution in [1.82, 2.24) is 4.98 Å². The molecule has 0 radical (unpaired) electrons. The minimum atomic E-state index is -0.460. The molecule has 0 aliphatic heterocycles. The minimum absolute atomic E-state index is 0.0201. The molecule has 0 spiro atoms. The maximum atomic E-state index is 11.8. The van der Waals surface area contributed by atoms with Gasteiger partial charge in [-0.15, -0.1) is 0 Å². The monoisotopic (exact) mass is 282 g/mol. The van der Waals surface area contributed by atoms with Crippen LogP contribution in [0.3, 0.4) is 0 Å². The first-order valence-electron chi connectivity index (χ1n) is 6.25. The van der Waals surface area contributed by atoms with Gasteiger partial charge >= 0.3 is 5.63 Å². The molecule has 0 fully saturated rings. The third kappa shape index (κ3) is 2.64. The molecule has 0 unspecified atom stereocenters. The number of nitrogens with zero attached hydrogens (tertiary/aromatic N) is 2. The number of para-hydroxylation sites is 1. The van der Waals surface area contributed by atoms with Crippen LogP contribution in [0.25, 0.3) is 10.9 Å². The van der Waals surface area contributed by atoms with E-state index in [9.17, 15) is 14.9 Å². The van der Waals surface area contributed by atoms with Crippen molar-refractivity contribution in [3.05, 3.63) is 80.5 Å². The topological polar surface area (TPSA) is 86.2 Å². The van der Waals surface area contributed by atoms with Crippen LogP contribution < -0.4 is 5.63 Å². The molecule has 21 heavy (non-hydrogen) atoms. The lowest BCUT2D eigenvalue weighted by Crippen LogP contribution is -2.05. The van der Waals surface area contributed by atoms with Gasteiger partial charge in [0.05, 0.1) is 15.8 Å². The summed E-state index contributed by atoms with van der Waals surface area (Å²) in [5.74, 6) is 0.285. The van der Waals surface area contributed by atoms with E-state index in [4.69, 9.17) is 4.42 Å². The first-order valence-corrected chi connectivity index (χ1v) is 6.25. The average molecular weight is 282 g/mol. The third-order valence-corrected chi connectivity index (χ3v) is 3.08. The summed E-state index contributed by atoms with van der Waals surface area (Å²) in [6.45, 7) is 0. The Morgan fingerprint density at radius 2 is 1.81 bits per heavy atom. The predicted octanol–water partition coefficient (Wildman–Crippen LogP) is 2.69. The minimum Gasteiger partial charge on any atom is -0.408 e. The number of non-ortho nitro benzene ring substituents is 1. The van der Waals surface area contributed by atoms with E-state index in [-0.39, 0.29) is 11.6 Å². The van der Waals surface area contributed by atoms with Crippen LogP contribution in [0.4, 0.5) is 5.69 Å². The van der Waals surface area contributed by atoms with Crippen LogP contribution in [-0.2, 0) is 6.42 Å². The number of rotatable bonds is 3. The molecule has 0 aliphatic rings. The lowest BCUT2D eigenvalue weighted by Gasteiger charge is -2.01. The van der Waals surface area contributed by atoms with Crippen molar-refractivity contribution >= 4 is 16.6 Å². The lowest BCUT2D eigenvalue weighted by atomic mass is 10.1. The van der Waals surface area contributed by atoms with Gasteiger partial charge in [0.25, 0.3) is 5.69 Å². The van der Waals surface area contributed by atoms with Gasteiger partial charge in [-0.25, -0.2) is 9.78 Å². The summed E-state index contributed by atoms with van der Waals surface area (Å²) in [6, 6.07) is 13.0. The second-order valence-electron chi connectivity index (χ2n) is 4.51. The Morgan fingerprint density at radius 1 is 1.10 bits per heavy atom. The van der Waals surface area contributed by atoms with Crippen molar-refractivity contribution in [3.8, 4) is 0 Å². The van der Waals surface area contributed by atoms with Gasteiger partial charge < -0.3 is 4.42 Å². The zero-order valence-corrected chi connectivity index (χ0v) is 10.9. The van der Waals surface area contributed by atoms with E-state index >= 15 is 0 Å². The molecule has 104 valence electrons. The van der Waals surface area contributed by atoms with Gasteiger partial charge in [-0.2, -0.15) is 0 Å². The van der Waals surface area contributed by atoms with Gasteiger partial charge in [-0.1, -0.05) is 24.3 Å². The Labute approximate surface area is 118 Å². The van der Waals surface area contributed by atoms with Crippen LogP contribution in [0, 0.1) is 10.1 Å². The normalized spacial score (nSPS) is 10.7. The van der Waals surface area contributed by atoms with Crippen LogP contribution in [0.2, 0.25) is 0 Å². The molecule has 2 aromatic carbocycles. The van der Waals surface area contributed by atoms with Gasteiger partial charge in [0, 0.05) is 18.6 Å². The first kappa shape index (κ1) is 13.0. The number of fused-ring (bicyclic) bond motifs is 1. The number of nitro groups is 1. The maximum Gasteiger partial charge on any atom is 0.346 e. The summed E-state index contributed by atoms with van der Waals surface area (Å²) in [5.41, 5.74) is 0.946. The van der Waals surface area contributed by atoms with Crippen molar-refractivity contribution in [2.45, 2.75) is 6.42 Å². The Kier molecular flexibility index (Phi) is 3.19. The molecule has 0 saturated carbocycles. The molecule has 1 aromatic heterocycles. The summed E-state index contributed by atoms with van der Waals surface area (Å²) in [6.07, 6.45) is 0.304. The molecule has 0 saturated heterocycles. The number of benzene rings is 2. The van der Waals surface area contributed by atoms with E-state index in [1.165, 1.54) is 12.1 Å². The van der Waals surface area contributed by atoms with E-state index < -0.39 is 10.5 Å². The molecule has 6 heteroatoms. The van der Waals surface area contributed by atoms with Crippen LogP contribution >= 0.6 is 0 Å². The largest absolute Gasteiger partial charge is 0.408 e. The number of hydrogen-bond acceptors (Lipinski definition) is 5. The zero-order chi connectivity index (χ0) is 14.8. The van der Waals surface area contributed by atoms with E-state index in [0.717, 1.165) is 5.56 Å². The third-order valence-electron chi connectivity index (χ3n) is 3.08. The van der Waals surface area contributed by atoms with Gasteiger partial charge in [-0.05, 0) is 17.7 Å². The van der Waals surface area contributed by atoms with Crippen molar-refractivity contribution in [1.29, 1.82) is 0 Å². The number of aromatic nitrogens is 1. The zero-order valence-electron chi connectivity index (χ0n) is 10.9. The Bertz CT molecular complexity index is 869. The van der Waals surface area contributed by atoms with Crippen LogP contribution in [0.5, 0.6) is 0 Å². The van der Waals surface area contributed by atoms with Crippen LogP contribution in [-0.4, -0.2) is 9.91 Å². The van der Waals surface area contributed by atoms with Gasteiger partial charge in [0.1, 0.15) is 0 Å². The first-order chi connectivity index (χ1) is 10.1. The molecule has 0 bridgehead atoms. The molecule has 0 atom stereocenters. The molecule has 3 aromatic rings. The predicted molar refractivity (Wildman–Crippen MR) is 76.2 cm³/mol. The highest BCUT2D eigenvalue weighted by molar-refractivity contribution is 5.76. The van der Waals surface area contributed by atoms with E-state index in [1.54, 1.807) is 36.4 Å². The molecule has 0 aliphatic carbocycles. The van der Waals surface area contributed by atoms with E-state index in [0.29, 0.717) is 17.3 Å². The SMILES string of the molecule is O=c1oc(Cc2ccc([N+](=O)[O-])cc2)nc2ccccc12. The summed E-state index contributed by atoms with van der Waals surface area (Å²) >= 11 is 0. The number of hydrogen-bond donors (Lipinski definition) is 0. The van der Waals surface area contributed by atoms with E-state index in [1.807, 2.05) is 0 Å². The Morgan fingerprint density at radius 3 is 2.52 bits per heavy atom. The second kappa shape index (κ2) is 5.16. The maximum absolute atomic E-state index is 11.8. The molecule has 3 rings (SSSR count). The fourth-order valence-electron chi connectivity index (χ4n) is 2.05. The smallest absolute Gasteiger partial charge is 0.346 e. The Hall–Kier alpha value is -3.02. The molecule has 0 amide bonds. The molecule has 0 N–H and O–H groups in total. The van der Waals surface area contributed by atoms with Crippen molar-refractivity contribution in [3.63, 3.8) is 0 Å². The highest BCUT2D eigenvalue weighted by Gasteiger charge is 2.08. The fraction of sp³-hybridized carbons (Fsp3) is 0.0667. The van der Waals surface area contributed by atoms with Gasteiger partial charge in [0.15, 0.2) is 0 Å². The highest BCUT2D eigenvalue weighted by Crippen LogP contribution is 2.15. The molecular formula is C15H10N2O4. The molecular weight excluding hydrogens is 272 g/mol. The van der Waals surface area contributed by atoms with Crippen molar-refractivity contribution in [2.24, 2.45) is 0 Å². The Balaban J connectivity index is 1.94. The highest BCUT2D eigenvalue weighted by atomic mass is 16.6. The molecule has 1 heterocycles. The summed E-state index contributed by atoms with van der Waals surface area (Å²) in [7, 11) is 0. The van der Waals surface area contributed by atoms with E-state index in [2.05, 4.69) is 4.98 Å². The average Bonchev–Trinajstić information content (AvgIpc) is 2.48. The molecule has 6 nitrogen and oxygen atoms in total. The van der Waals surface area contributed by atoms with Gasteiger partial charge in [-0.3, -0.25) is 10.1 Å². The van der Waals surface area contributed by atoms with Crippen molar-refractivity contribution in [2.75, 3.05) is 0 Å². The summed E-state index contributed by atoms with van der Waals surface area (Å²) in [5, 5.41) is 11.0. The standard InChI is InChI=1S/C15H10N2O4/c18-15-12-3-1-2-4-13(12)16-14(21-15)9-10-5-7-11(8-6-10)17(19)20/h1-8H,9H2. The fourth-order valence-corrected chi connectivity index (χ4v) is 2.05. The van der Waals surface area contributed by atoms with Gasteiger partial charge in [0.2, 0.25) is 5.89 Å². The second-order valence-corrected chi connectivity index (χ2v) is 4.51. The van der Waals surface area contributed by atoms with Crippen LogP contribution in [0.15, 0.2) is 57.7 Å². The summed E-state index contributed by atoms with van der Waals surface area (Å²) in [4.78, 5) is 26.3. The summed E-state index contributed by atoms with van der Waals surface area (Å²) < 4.78 is 5.17. The number of nitro benzene ring substituents is 1.